The molecular weight excluding hydrogens is 170 g/mol. The van der Waals surface area contributed by atoms with Gasteiger partial charge < -0.3 is 14.4 Å². The van der Waals surface area contributed by atoms with Crippen molar-refractivity contribution >= 4 is 6.09 Å². The van der Waals surface area contributed by atoms with Crippen LogP contribution < -0.4 is 0 Å². The molecular formula is C9H17NO3. The second-order valence-electron chi connectivity index (χ2n) is 3.77. The van der Waals surface area contributed by atoms with Gasteiger partial charge >= 0.3 is 6.09 Å². The van der Waals surface area contributed by atoms with Crippen molar-refractivity contribution in [1.29, 1.82) is 0 Å². The molecule has 1 aliphatic heterocycles. The van der Waals surface area contributed by atoms with Crippen LogP contribution in [0.25, 0.3) is 0 Å². The molecule has 0 saturated carbocycles. The SMILES string of the molecule is CC(C)COC(=O)N(C)C1COC1. The molecule has 0 aromatic carbocycles. The lowest BCUT2D eigenvalue weighted by atomic mass is 10.2. The third kappa shape index (κ3) is 2.88. The van der Waals surface area contributed by atoms with Gasteiger partial charge in [-0.1, -0.05) is 13.8 Å². The van der Waals surface area contributed by atoms with Crippen molar-refractivity contribution in [3.63, 3.8) is 0 Å². The summed E-state index contributed by atoms with van der Waals surface area (Å²) in [7, 11) is 1.75. The Morgan fingerprint density at radius 2 is 2.23 bits per heavy atom. The first-order valence-electron chi connectivity index (χ1n) is 4.58. The van der Waals surface area contributed by atoms with E-state index in [-0.39, 0.29) is 12.1 Å². The van der Waals surface area contributed by atoms with Gasteiger partial charge in [-0.15, -0.1) is 0 Å². The molecule has 0 aromatic rings. The van der Waals surface area contributed by atoms with Crippen molar-refractivity contribution in [2.24, 2.45) is 5.92 Å². The molecule has 1 rings (SSSR count). The van der Waals surface area contributed by atoms with Crippen molar-refractivity contribution in [2.75, 3.05) is 26.9 Å². The van der Waals surface area contributed by atoms with Gasteiger partial charge in [0.15, 0.2) is 0 Å². The lowest BCUT2D eigenvalue weighted by Gasteiger charge is -2.33. The van der Waals surface area contributed by atoms with E-state index in [1.54, 1.807) is 11.9 Å². The Morgan fingerprint density at radius 3 is 2.62 bits per heavy atom. The van der Waals surface area contributed by atoms with Gasteiger partial charge in [0, 0.05) is 7.05 Å². The number of hydrogen-bond donors (Lipinski definition) is 0. The molecule has 0 aromatic heterocycles. The smallest absolute Gasteiger partial charge is 0.409 e. The van der Waals surface area contributed by atoms with Crippen LogP contribution >= 0.6 is 0 Å². The number of likely N-dealkylation sites (N-methyl/N-ethyl adjacent to an activating group) is 1. The lowest BCUT2D eigenvalue weighted by Crippen LogP contribution is -2.49. The molecule has 0 bridgehead atoms. The molecule has 0 unspecified atom stereocenters. The van der Waals surface area contributed by atoms with E-state index in [0.717, 1.165) is 0 Å². The maximum Gasteiger partial charge on any atom is 0.409 e. The average Bonchev–Trinajstić information content (AvgIpc) is 1.96. The number of hydrogen-bond acceptors (Lipinski definition) is 3. The molecule has 0 N–H and O–H groups in total. The summed E-state index contributed by atoms with van der Waals surface area (Å²) in [6.07, 6.45) is -0.248. The highest BCUT2D eigenvalue weighted by molar-refractivity contribution is 5.67. The Balaban J connectivity index is 2.21. The predicted molar refractivity (Wildman–Crippen MR) is 48.6 cm³/mol. The van der Waals surface area contributed by atoms with Gasteiger partial charge in [0.25, 0.3) is 0 Å². The van der Waals surface area contributed by atoms with Crippen LogP contribution in [0.4, 0.5) is 4.79 Å². The maximum absolute atomic E-state index is 11.3. The third-order valence-electron chi connectivity index (χ3n) is 2.00. The summed E-state index contributed by atoms with van der Waals surface area (Å²) >= 11 is 0. The van der Waals surface area contributed by atoms with Gasteiger partial charge in [0.2, 0.25) is 0 Å². The number of ether oxygens (including phenoxy) is 2. The van der Waals surface area contributed by atoms with Crippen molar-refractivity contribution in [3.8, 4) is 0 Å². The van der Waals surface area contributed by atoms with E-state index in [1.165, 1.54) is 0 Å². The highest BCUT2D eigenvalue weighted by Crippen LogP contribution is 2.09. The molecule has 1 aliphatic rings. The normalized spacial score (nSPS) is 16.9. The summed E-state index contributed by atoms with van der Waals surface area (Å²) in [6, 6.07) is 0.208. The largest absolute Gasteiger partial charge is 0.449 e. The molecule has 0 atom stereocenters. The Bertz CT molecular complexity index is 178. The summed E-state index contributed by atoms with van der Waals surface area (Å²) in [5.41, 5.74) is 0. The van der Waals surface area contributed by atoms with E-state index in [0.29, 0.717) is 25.7 Å². The fourth-order valence-corrected chi connectivity index (χ4v) is 0.936. The summed E-state index contributed by atoms with van der Waals surface area (Å²) < 4.78 is 10.0. The van der Waals surface area contributed by atoms with E-state index in [2.05, 4.69) is 0 Å². The maximum atomic E-state index is 11.3. The first-order valence-corrected chi connectivity index (χ1v) is 4.58. The van der Waals surface area contributed by atoms with E-state index >= 15 is 0 Å². The van der Waals surface area contributed by atoms with Gasteiger partial charge in [-0.25, -0.2) is 4.79 Å². The molecule has 1 amide bonds. The number of amides is 1. The third-order valence-corrected chi connectivity index (χ3v) is 2.00. The number of nitrogens with zero attached hydrogens (tertiary/aromatic N) is 1. The second-order valence-corrected chi connectivity index (χ2v) is 3.77. The van der Waals surface area contributed by atoms with Crippen LogP contribution in [0.2, 0.25) is 0 Å². The molecule has 4 nitrogen and oxygen atoms in total. The number of carbonyl (C=O) groups excluding carboxylic acids is 1. The second kappa shape index (κ2) is 4.46. The first-order chi connectivity index (χ1) is 6.11. The van der Waals surface area contributed by atoms with Crippen LogP contribution in [-0.2, 0) is 9.47 Å². The van der Waals surface area contributed by atoms with Crippen LogP contribution in [0.5, 0.6) is 0 Å². The Hall–Kier alpha value is -0.770. The zero-order valence-electron chi connectivity index (χ0n) is 8.45. The van der Waals surface area contributed by atoms with Crippen LogP contribution in [0.1, 0.15) is 13.8 Å². The van der Waals surface area contributed by atoms with Crippen LogP contribution in [-0.4, -0.2) is 43.9 Å². The highest BCUT2D eigenvalue weighted by Gasteiger charge is 2.27. The first kappa shape index (κ1) is 10.3. The van der Waals surface area contributed by atoms with Gasteiger partial charge in [-0.05, 0) is 5.92 Å². The zero-order valence-corrected chi connectivity index (χ0v) is 8.45. The van der Waals surface area contributed by atoms with Crippen LogP contribution in [0.3, 0.4) is 0 Å². The summed E-state index contributed by atoms with van der Waals surface area (Å²) in [4.78, 5) is 12.9. The highest BCUT2D eigenvalue weighted by atomic mass is 16.6. The summed E-state index contributed by atoms with van der Waals surface area (Å²) in [6.45, 7) is 5.77. The molecule has 4 heteroatoms. The topological polar surface area (TPSA) is 38.8 Å². The van der Waals surface area contributed by atoms with Crippen molar-refractivity contribution in [1.82, 2.24) is 4.90 Å². The zero-order chi connectivity index (χ0) is 9.84. The quantitative estimate of drug-likeness (QED) is 0.664. The van der Waals surface area contributed by atoms with E-state index in [4.69, 9.17) is 9.47 Å². The lowest BCUT2D eigenvalue weighted by molar-refractivity contribution is -0.0530. The number of rotatable bonds is 3. The van der Waals surface area contributed by atoms with E-state index in [9.17, 15) is 4.79 Å². The summed E-state index contributed by atoms with van der Waals surface area (Å²) in [5, 5.41) is 0. The van der Waals surface area contributed by atoms with Crippen molar-refractivity contribution < 1.29 is 14.3 Å². The molecule has 0 aliphatic carbocycles. The molecule has 1 fully saturated rings. The molecule has 1 saturated heterocycles. The Labute approximate surface area is 78.8 Å². The van der Waals surface area contributed by atoms with E-state index in [1.807, 2.05) is 13.8 Å². The average molecular weight is 187 g/mol. The Kier molecular flexibility index (Phi) is 3.54. The number of carbonyl (C=O) groups is 1. The van der Waals surface area contributed by atoms with E-state index < -0.39 is 0 Å². The minimum absolute atomic E-state index is 0.208. The van der Waals surface area contributed by atoms with Crippen LogP contribution in [0, 0.1) is 5.92 Å². The monoisotopic (exact) mass is 187 g/mol. The Morgan fingerprint density at radius 1 is 1.62 bits per heavy atom. The molecule has 13 heavy (non-hydrogen) atoms. The van der Waals surface area contributed by atoms with Gasteiger partial charge in [-0.2, -0.15) is 0 Å². The summed E-state index contributed by atoms with van der Waals surface area (Å²) in [5.74, 6) is 0.384. The molecule has 0 spiro atoms. The fraction of sp³-hybridized carbons (Fsp3) is 0.889. The van der Waals surface area contributed by atoms with Crippen molar-refractivity contribution in [2.45, 2.75) is 19.9 Å². The molecule has 76 valence electrons. The molecule has 1 heterocycles. The fourth-order valence-electron chi connectivity index (χ4n) is 0.936. The standard InChI is InChI=1S/C9H17NO3/c1-7(2)4-13-9(11)10(3)8-5-12-6-8/h7-8H,4-6H2,1-3H3. The van der Waals surface area contributed by atoms with Gasteiger partial charge in [0.05, 0.1) is 25.9 Å². The van der Waals surface area contributed by atoms with Gasteiger partial charge in [-0.3, -0.25) is 0 Å². The van der Waals surface area contributed by atoms with Gasteiger partial charge in [0.1, 0.15) is 0 Å². The van der Waals surface area contributed by atoms with Crippen molar-refractivity contribution in [3.05, 3.63) is 0 Å². The molecule has 0 radical (unpaired) electrons. The van der Waals surface area contributed by atoms with Crippen LogP contribution in [0.15, 0.2) is 0 Å². The predicted octanol–water partition coefficient (Wildman–Crippen LogP) is 1.11. The minimum atomic E-state index is -0.248. The minimum Gasteiger partial charge on any atom is -0.449 e.